The molecule has 14 heteroatoms. The summed E-state index contributed by atoms with van der Waals surface area (Å²) in [6.07, 6.45) is 27.0. The molecule has 11 unspecified atom stereocenters. The highest BCUT2D eigenvalue weighted by molar-refractivity contribution is 5.69. The van der Waals surface area contributed by atoms with Gasteiger partial charge in [-0.1, -0.05) is 187 Å². The lowest BCUT2D eigenvalue weighted by atomic mass is 9.98. The van der Waals surface area contributed by atoms with Gasteiger partial charge in [0, 0.05) is 13.0 Å². The van der Waals surface area contributed by atoms with Crippen molar-refractivity contribution < 1.29 is 69.0 Å². The van der Waals surface area contributed by atoms with Crippen LogP contribution in [-0.2, 0) is 33.2 Å². The van der Waals surface area contributed by atoms with Crippen molar-refractivity contribution in [2.75, 3.05) is 33.0 Å². The highest BCUT2D eigenvalue weighted by atomic mass is 16.7. The van der Waals surface area contributed by atoms with E-state index in [1.54, 1.807) is 0 Å². The highest BCUT2D eigenvalue weighted by Gasteiger charge is 2.47. The van der Waals surface area contributed by atoms with E-state index >= 15 is 0 Å². The molecule has 2 saturated heterocycles. The molecule has 7 N–H and O–H groups in total. The van der Waals surface area contributed by atoms with Gasteiger partial charge in [-0.2, -0.15) is 0 Å². The standard InChI is InChI=1S/C53H100O14/c1-3-5-7-9-11-13-15-17-18-19-20-21-22-23-24-25-26-28-30-32-34-36-45(55)65-42(39-62-37-35-33-31-29-27-16-14-12-10-8-6-4-2)40-63-52-51(61)49(59)47(57)44(67-52)41-64-53-50(60)48(58)46(56)43(38-54)66-53/h19-20,42-44,46-54,56-61H,3-18,21-41H2,1-2H3/b20-19-. The molecule has 0 spiro atoms. The molecular formula is C53H100O14. The lowest BCUT2D eigenvalue weighted by molar-refractivity contribution is -0.332. The van der Waals surface area contributed by atoms with Crippen LogP contribution in [0, 0.1) is 0 Å². The monoisotopic (exact) mass is 961 g/mol. The van der Waals surface area contributed by atoms with Gasteiger partial charge in [0.05, 0.1) is 26.4 Å². The van der Waals surface area contributed by atoms with Crippen molar-refractivity contribution in [2.24, 2.45) is 0 Å². The lowest BCUT2D eigenvalue weighted by Crippen LogP contribution is -2.61. The van der Waals surface area contributed by atoms with Crippen LogP contribution in [0.5, 0.6) is 0 Å². The minimum atomic E-state index is -1.70. The fourth-order valence-corrected chi connectivity index (χ4v) is 8.81. The molecule has 67 heavy (non-hydrogen) atoms. The molecule has 2 aliphatic heterocycles. The third-order valence-corrected chi connectivity index (χ3v) is 13.3. The molecule has 396 valence electrons. The van der Waals surface area contributed by atoms with Crippen molar-refractivity contribution in [1.82, 2.24) is 0 Å². The van der Waals surface area contributed by atoms with Crippen LogP contribution in [0.3, 0.4) is 0 Å². The zero-order valence-corrected chi connectivity index (χ0v) is 42.2. The van der Waals surface area contributed by atoms with Crippen LogP contribution in [0.25, 0.3) is 0 Å². The number of allylic oxidation sites excluding steroid dienone is 2. The number of unbranched alkanes of at least 4 members (excludes halogenated alkanes) is 28. The van der Waals surface area contributed by atoms with Gasteiger partial charge in [-0.15, -0.1) is 0 Å². The molecule has 0 radical (unpaired) electrons. The first-order chi connectivity index (χ1) is 32.6. The van der Waals surface area contributed by atoms with E-state index in [1.165, 1.54) is 154 Å². The topological polar surface area (TPSA) is 214 Å². The van der Waals surface area contributed by atoms with Crippen LogP contribution < -0.4 is 0 Å². The van der Waals surface area contributed by atoms with Crippen molar-refractivity contribution >= 4 is 5.97 Å². The fraction of sp³-hybridized carbons (Fsp3) is 0.943. The maximum Gasteiger partial charge on any atom is 0.306 e. The number of hydrogen-bond donors (Lipinski definition) is 7. The number of carbonyl (C=O) groups excluding carboxylic acids is 1. The molecule has 11 atom stereocenters. The Morgan fingerprint density at radius 2 is 0.881 bits per heavy atom. The van der Waals surface area contributed by atoms with Gasteiger partial charge < -0.3 is 64.2 Å². The van der Waals surface area contributed by atoms with Crippen LogP contribution in [0.1, 0.15) is 219 Å². The Labute approximate surface area is 405 Å². The third-order valence-electron chi connectivity index (χ3n) is 13.3. The van der Waals surface area contributed by atoms with Crippen molar-refractivity contribution in [3.8, 4) is 0 Å². The Morgan fingerprint density at radius 1 is 0.478 bits per heavy atom. The second kappa shape index (κ2) is 41.4. The summed E-state index contributed by atoms with van der Waals surface area (Å²) < 4.78 is 34.3. The summed E-state index contributed by atoms with van der Waals surface area (Å²) in [7, 11) is 0. The van der Waals surface area contributed by atoms with Gasteiger partial charge in [-0.25, -0.2) is 0 Å². The Kier molecular flexibility index (Phi) is 38.2. The van der Waals surface area contributed by atoms with E-state index in [2.05, 4.69) is 26.0 Å². The summed E-state index contributed by atoms with van der Waals surface area (Å²) in [6.45, 7) is 3.72. The fourth-order valence-electron chi connectivity index (χ4n) is 8.81. The van der Waals surface area contributed by atoms with Gasteiger partial charge in [-0.3, -0.25) is 4.79 Å². The number of ether oxygens (including phenoxy) is 6. The summed E-state index contributed by atoms with van der Waals surface area (Å²) >= 11 is 0. The summed E-state index contributed by atoms with van der Waals surface area (Å²) in [5.41, 5.74) is 0. The zero-order valence-electron chi connectivity index (χ0n) is 42.2. The maximum absolute atomic E-state index is 13.0. The predicted molar refractivity (Wildman–Crippen MR) is 261 cm³/mol. The molecule has 2 heterocycles. The highest BCUT2D eigenvalue weighted by Crippen LogP contribution is 2.27. The number of aliphatic hydroxyl groups excluding tert-OH is 7. The van der Waals surface area contributed by atoms with Crippen LogP contribution in [0.2, 0.25) is 0 Å². The smallest absolute Gasteiger partial charge is 0.306 e. The largest absolute Gasteiger partial charge is 0.457 e. The van der Waals surface area contributed by atoms with Crippen molar-refractivity contribution in [2.45, 2.75) is 287 Å². The molecule has 0 aromatic heterocycles. The van der Waals surface area contributed by atoms with Crippen molar-refractivity contribution in [3.63, 3.8) is 0 Å². The Hall–Kier alpha value is -1.27. The van der Waals surface area contributed by atoms with Gasteiger partial charge in [0.1, 0.15) is 54.9 Å². The molecule has 0 aromatic carbocycles. The third kappa shape index (κ3) is 29.0. The summed E-state index contributed by atoms with van der Waals surface area (Å²) in [5, 5.41) is 72.1. The van der Waals surface area contributed by atoms with E-state index in [9.17, 15) is 40.5 Å². The van der Waals surface area contributed by atoms with E-state index < -0.39 is 80.7 Å². The van der Waals surface area contributed by atoms with E-state index in [0.29, 0.717) is 13.0 Å². The zero-order chi connectivity index (χ0) is 48.7. The molecule has 0 saturated carbocycles. The van der Waals surface area contributed by atoms with Crippen LogP contribution >= 0.6 is 0 Å². The average molecular weight is 961 g/mol. The predicted octanol–water partition coefficient (Wildman–Crippen LogP) is 8.63. The summed E-state index contributed by atoms with van der Waals surface area (Å²) in [5.74, 6) is -0.374. The van der Waals surface area contributed by atoms with Crippen LogP contribution in [-0.4, -0.2) is 142 Å². The number of esters is 1. The van der Waals surface area contributed by atoms with Gasteiger partial charge in [-0.05, 0) is 38.5 Å². The Morgan fingerprint density at radius 3 is 1.36 bits per heavy atom. The lowest BCUT2D eigenvalue weighted by Gasteiger charge is -2.42. The van der Waals surface area contributed by atoms with Gasteiger partial charge >= 0.3 is 5.97 Å². The normalized spacial score (nSPS) is 26.1. The Bertz CT molecular complexity index is 1160. The van der Waals surface area contributed by atoms with Gasteiger partial charge in [0.25, 0.3) is 0 Å². The molecule has 0 amide bonds. The molecule has 2 aliphatic rings. The molecule has 14 nitrogen and oxygen atoms in total. The summed E-state index contributed by atoms with van der Waals surface area (Å²) in [6, 6.07) is 0. The minimum absolute atomic E-state index is 0.0665. The number of carbonyl (C=O) groups is 1. The van der Waals surface area contributed by atoms with Gasteiger partial charge in [0.15, 0.2) is 12.6 Å². The molecular weight excluding hydrogens is 861 g/mol. The van der Waals surface area contributed by atoms with E-state index in [-0.39, 0.29) is 25.6 Å². The molecule has 2 fully saturated rings. The van der Waals surface area contributed by atoms with E-state index in [1.807, 2.05) is 0 Å². The van der Waals surface area contributed by atoms with Gasteiger partial charge in [0.2, 0.25) is 0 Å². The quantitative estimate of drug-likeness (QED) is 0.0173. The first kappa shape index (κ1) is 61.8. The second-order valence-corrected chi connectivity index (χ2v) is 19.4. The summed E-state index contributed by atoms with van der Waals surface area (Å²) in [4.78, 5) is 13.0. The van der Waals surface area contributed by atoms with Crippen molar-refractivity contribution in [3.05, 3.63) is 12.2 Å². The Balaban J connectivity index is 1.72. The SMILES string of the molecule is CCCCCCCCCC/C=C\CCCCCCCCCCCC(=O)OC(COCCCCCCCCCCCCCC)COC1OC(COC2OC(CO)C(O)C(O)C2O)C(O)C(O)C1O. The van der Waals surface area contributed by atoms with Crippen LogP contribution in [0.15, 0.2) is 12.2 Å². The number of hydrogen-bond acceptors (Lipinski definition) is 14. The minimum Gasteiger partial charge on any atom is -0.457 e. The molecule has 0 aromatic rings. The number of rotatable bonds is 44. The molecule has 2 rings (SSSR count). The molecule has 0 aliphatic carbocycles. The second-order valence-electron chi connectivity index (χ2n) is 19.4. The van der Waals surface area contributed by atoms with Crippen molar-refractivity contribution in [1.29, 1.82) is 0 Å². The number of aliphatic hydroxyl groups is 7. The first-order valence-corrected chi connectivity index (χ1v) is 27.3. The van der Waals surface area contributed by atoms with Crippen LogP contribution in [0.4, 0.5) is 0 Å². The molecule has 0 bridgehead atoms. The van der Waals surface area contributed by atoms with E-state index in [0.717, 1.165) is 38.5 Å². The first-order valence-electron chi connectivity index (χ1n) is 27.3. The maximum atomic E-state index is 13.0. The van der Waals surface area contributed by atoms with E-state index in [4.69, 9.17) is 28.4 Å². The average Bonchev–Trinajstić information content (AvgIpc) is 3.32.